The highest BCUT2D eigenvalue weighted by molar-refractivity contribution is 8.00. The number of hydrogen-bond donors (Lipinski definition) is 0. The maximum atomic E-state index is 13.6. The quantitative estimate of drug-likeness (QED) is 0.225. The zero-order valence-electron chi connectivity index (χ0n) is 19.9. The van der Waals surface area contributed by atoms with Crippen LogP contribution in [0.1, 0.15) is 12.8 Å². The summed E-state index contributed by atoms with van der Waals surface area (Å²) in [6.07, 6.45) is 3.86. The first kappa shape index (κ1) is 26.1. The molecule has 1 saturated heterocycles. The van der Waals surface area contributed by atoms with Gasteiger partial charge in [0.2, 0.25) is 5.95 Å². The van der Waals surface area contributed by atoms with E-state index in [0.29, 0.717) is 41.8 Å². The van der Waals surface area contributed by atoms with E-state index in [4.69, 9.17) is 11.6 Å². The van der Waals surface area contributed by atoms with Crippen LogP contribution >= 0.6 is 23.4 Å². The van der Waals surface area contributed by atoms with Gasteiger partial charge < -0.3 is 9.80 Å². The van der Waals surface area contributed by atoms with E-state index in [2.05, 4.69) is 20.0 Å². The SMILES string of the molecule is O=S(=O)(c1ccc(SC(F)(F)F)cc1)n1nc(N2CCN(c3ncc(F)cn3)CC23CC3)c2c(Cl)cccc21. The Bertz CT molecular complexity index is 1660. The van der Waals surface area contributed by atoms with Crippen LogP contribution in [0.3, 0.4) is 0 Å². The highest BCUT2D eigenvalue weighted by Gasteiger charge is 2.53. The predicted octanol–water partition coefficient (Wildman–Crippen LogP) is 5.33. The monoisotopic (exact) mass is 598 g/mol. The Morgan fingerprint density at radius 3 is 2.33 bits per heavy atom. The molecule has 3 heterocycles. The topological polar surface area (TPSA) is 84.2 Å². The van der Waals surface area contributed by atoms with Crippen LogP contribution in [-0.2, 0) is 10.0 Å². The predicted molar refractivity (Wildman–Crippen MR) is 139 cm³/mol. The van der Waals surface area contributed by atoms with Gasteiger partial charge in [0, 0.05) is 24.5 Å². The minimum Gasteiger partial charge on any atom is -0.345 e. The molecule has 0 amide bonds. The number of fused-ring (bicyclic) bond motifs is 1. The number of aromatic nitrogens is 4. The fourth-order valence-corrected chi connectivity index (χ4v) is 6.96. The molecule has 6 rings (SSSR count). The molecule has 2 fully saturated rings. The largest absolute Gasteiger partial charge is 0.446 e. The summed E-state index contributed by atoms with van der Waals surface area (Å²) in [7, 11) is -4.27. The van der Waals surface area contributed by atoms with Crippen LogP contribution in [0.4, 0.5) is 29.3 Å². The van der Waals surface area contributed by atoms with Crippen molar-refractivity contribution in [1.82, 2.24) is 19.2 Å². The van der Waals surface area contributed by atoms with Gasteiger partial charge in [-0.05, 0) is 61.0 Å². The van der Waals surface area contributed by atoms with Crippen molar-refractivity contribution in [3.8, 4) is 0 Å². The summed E-state index contributed by atoms with van der Waals surface area (Å²) < 4.78 is 79.7. The van der Waals surface area contributed by atoms with Gasteiger partial charge in [0.15, 0.2) is 11.6 Å². The number of alkyl halides is 3. The van der Waals surface area contributed by atoms with Gasteiger partial charge >= 0.3 is 5.51 Å². The van der Waals surface area contributed by atoms with E-state index in [-0.39, 0.29) is 32.6 Å². The highest BCUT2D eigenvalue weighted by atomic mass is 35.5. The molecule has 2 aliphatic rings. The lowest BCUT2D eigenvalue weighted by atomic mass is 10.1. The molecule has 1 saturated carbocycles. The second-order valence-electron chi connectivity index (χ2n) is 9.32. The molecule has 204 valence electrons. The van der Waals surface area contributed by atoms with Crippen LogP contribution in [0.5, 0.6) is 0 Å². The molecule has 8 nitrogen and oxygen atoms in total. The molecular weight excluding hydrogens is 580 g/mol. The van der Waals surface area contributed by atoms with Gasteiger partial charge in [-0.25, -0.2) is 14.4 Å². The van der Waals surface area contributed by atoms with Gasteiger partial charge in [-0.3, -0.25) is 0 Å². The van der Waals surface area contributed by atoms with Crippen molar-refractivity contribution in [2.45, 2.75) is 33.7 Å². The third-order valence-corrected chi connectivity index (χ3v) is 9.47. The number of thioether (sulfide) groups is 1. The van der Waals surface area contributed by atoms with E-state index >= 15 is 0 Å². The number of piperazine rings is 1. The van der Waals surface area contributed by atoms with Gasteiger partial charge in [0.25, 0.3) is 10.0 Å². The summed E-state index contributed by atoms with van der Waals surface area (Å²) in [6.45, 7) is 1.47. The minimum absolute atomic E-state index is 0.130. The Labute approximate surface area is 229 Å². The van der Waals surface area contributed by atoms with E-state index in [1.54, 1.807) is 18.2 Å². The average molecular weight is 599 g/mol. The van der Waals surface area contributed by atoms with Crippen molar-refractivity contribution in [3.05, 3.63) is 65.7 Å². The van der Waals surface area contributed by atoms with Gasteiger partial charge in [-0.1, -0.05) is 17.7 Å². The zero-order chi connectivity index (χ0) is 27.6. The van der Waals surface area contributed by atoms with Crippen molar-refractivity contribution >= 4 is 56.1 Å². The van der Waals surface area contributed by atoms with E-state index in [1.807, 2.05) is 4.90 Å². The van der Waals surface area contributed by atoms with Crippen LogP contribution in [0, 0.1) is 5.82 Å². The van der Waals surface area contributed by atoms with Crippen molar-refractivity contribution < 1.29 is 26.0 Å². The molecule has 0 bridgehead atoms. The molecule has 4 aromatic rings. The molecule has 0 N–H and O–H groups in total. The van der Waals surface area contributed by atoms with Gasteiger partial charge in [0.1, 0.15) is 0 Å². The Kier molecular flexibility index (Phi) is 6.19. The summed E-state index contributed by atoms with van der Waals surface area (Å²) in [6, 6.07) is 9.33. The maximum Gasteiger partial charge on any atom is 0.446 e. The average Bonchev–Trinajstić information content (AvgIpc) is 3.52. The van der Waals surface area contributed by atoms with Crippen LogP contribution in [-0.4, -0.2) is 58.3 Å². The number of nitrogens with zero attached hydrogens (tertiary/aromatic N) is 6. The van der Waals surface area contributed by atoms with E-state index in [1.165, 1.54) is 0 Å². The maximum absolute atomic E-state index is 13.6. The summed E-state index contributed by atoms with van der Waals surface area (Å²) in [4.78, 5) is 11.9. The van der Waals surface area contributed by atoms with E-state index in [0.717, 1.165) is 53.6 Å². The summed E-state index contributed by atoms with van der Waals surface area (Å²) in [5.74, 6) is 0.284. The lowest BCUT2D eigenvalue weighted by Crippen LogP contribution is -2.56. The van der Waals surface area contributed by atoms with Crippen LogP contribution < -0.4 is 9.80 Å². The molecule has 2 aromatic heterocycles. The molecule has 0 radical (unpaired) electrons. The summed E-state index contributed by atoms with van der Waals surface area (Å²) >= 11 is 6.25. The Morgan fingerprint density at radius 2 is 1.69 bits per heavy atom. The van der Waals surface area contributed by atoms with Gasteiger partial charge in [-0.2, -0.15) is 25.7 Å². The van der Waals surface area contributed by atoms with Crippen LogP contribution in [0.25, 0.3) is 10.9 Å². The molecule has 1 aliphatic carbocycles. The van der Waals surface area contributed by atoms with Crippen molar-refractivity contribution in [3.63, 3.8) is 0 Å². The third kappa shape index (κ3) is 4.78. The summed E-state index contributed by atoms with van der Waals surface area (Å²) in [5, 5.41) is 5.32. The zero-order valence-corrected chi connectivity index (χ0v) is 22.3. The van der Waals surface area contributed by atoms with E-state index in [9.17, 15) is 26.0 Å². The first-order valence-electron chi connectivity index (χ1n) is 11.8. The first-order valence-corrected chi connectivity index (χ1v) is 14.4. The number of benzene rings is 2. The molecule has 0 unspecified atom stereocenters. The molecule has 15 heteroatoms. The molecule has 1 spiro atoms. The number of halogens is 5. The number of rotatable bonds is 5. The molecule has 0 atom stereocenters. The standard InChI is InChI=1S/C24H19ClF4N6O2S2/c25-18-2-1-3-19-20(18)21(32-35(19)39(36,37)17-6-4-16(5-7-17)38-24(27,28)29)34-11-10-33(14-23(34)8-9-23)22-30-12-15(26)13-31-22/h1-7,12-13H,8-11,14H2. The first-order chi connectivity index (χ1) is 18.5. The van der Waals surface area contributed by atoms with Crippen LogP contribution in [0.15, 0.2) is 64.6 Å². The second kappa shape index (κ2) is 9.24. The fourth-order valence-electron chi connectivity index (χ4n) is 4.89. The van der Waals surface area contributed by atoms with Crippen molar-refractivity contribution in [1.29, 1.82) is 0 Å². The third-order valence-electron chi connectivity index (χ3n) is 6.81. The number of anilines is 2. The lowest BCUT2D eigenvalue weighted by molar-refractivity contribution is -0.0328. The smallest absolute Gasteiger partial charge is 0.345 e. The second-order valence-corrected chi connectivity index (χ2v) is 12.6. The number of hydrogen-bond acceptors (Lipinski definition) is 8. The normalized spacial score (nSPS) is 17.3. The Hall–Kier alpha value is -3.10. The summed E-state index contributed by atoms with van der Waals surface area (Å²) in [5.41, 5.74) is -4.59. The molecule has 2 aromatic carbocycles. The van der Waals surface area contributed by atoms with Crippen molar-refractivity contribution in [2.75, 3.05) is 29.4 Å². The Morgan fingerprint density at radius 1 is 1.00 bits per heavy atom. The van der Waals surface area contributed by atoms with Crippen LogP contribution in [0.2, 0.25) is 5.02 Å². The minimum atomic E-state index is -4.49. The molecular formula is C24H19ClF4N6O2S2. The molecule has 1 aliphatic heterocycles. The lowest BCUT2D eigenvalue weighted by Gasteiger charge is -2.42. The Balaban J connectivity index is 1.37. The fraction of sp³-hybridized carbons (Fsp3) is 0.292. The van der Waals surface area contributed by atoms with Gasteiger partial charge in [-0.15, -0.1) is 5.10 Å². The molecule has 39 heavy (non-hydrogen) atoms. The van der Waals surface area contributed by atoms with E-state index < -0.39 is 21.3 Å². The highest BCUT2D eigenvalue weighted by Crippen LogP contribution is 2.49. The van der Waals surface area contributed by atoms with Gasteiger partial charge in [0.05, 0.1) is 38.8 Å². The van der Waals surface area contributed by atoms with Crippen molar-refractivity contribution in [2.24, 2.45) is 0 Å².